The highest BCUT2D eigenvalue weighted by atomic mass is 16.5. The number of benzene rings is 1. The van der Waals surface area contributed by atoms with Crippen LogP contribution in [0.25, 0.3) is 0 Å². The molecule has 0 spiro atoms. The van der Waals surface area contributed by atoms with Crippen LogP contribution in [0.2, 0.25) is 0 Å². The molecule has 2 N–H and O–H groups in total. The lowest BCUT2D eigenvalue weighted by Gasteiger charge is -2.12. The monoisotopic (exact) mass is 247 g/mol. The van der Waals surface area contributed by atoms with Gasteiger partial charge in [0.25, 0.3) is 0 Å². The molecule has 1 heterocycles. The summed E-state index contributed by atoms with van der Waals surface area (Å²) in [4.78, 5) is 3.98. The van der Waals surface area contributed by atoms with E-state index in [9.17, 15) is 0 Å². The molecule has 0 saturated heterocycles. The molecule has 0 aliphatic heterocycles. The van der Waals surface area contributed by atoms with Crippen molar-refractivity contribution in [2.45, 2.75) is 13.1 Å². The third-order valence-electron chi connectivity index (χ3n) is 2.66. The van der Waals surface area contributed by atoms with Gasteiger partial charge in [-0.15, -0.1) is 0 Å². The minimum atomic E-state index is 0.449. The Morgan fingerprint density at radius 3 is 2.94 bits per heavy atom. The molecule has 0 aliphatic carbocycles. The maximum Gasteiger partial charge on any atom is 0.127 e. The average Bonchev–Trinajstić information content (AvgIpc) is 2.92. The lowest BCUT2D eigenvalue weighted by Crippen LogP contribution is -2.09. The Morgan fingerprint density at radius 2 is 2.28 bits per heavy atom. The third kappa shape index (κ3) is 3.01. The molecule has 2 rings (SSSR count). The standard InChI is InChI=1S/C13H17N3O2/c1-17-12-3-2-11(9-14)13(8-12)18-7-6-16-5-4-15-10-16/h2-5,8,10H,6-7,9,14H2,1H3. The SMILES string of the molecule is COc1ccc(CN)c(OCCn2ccnc2)c1. The van der Waals surface area contributed by atoms with Crippen LogP contribution in [0.1, 0.15) is 5.56 Å². The van der Waals surface area contributed by atoms with E-state index >= 15 is 0 Å². The van der Waals surface area contributed by atoms with Crippen molar-refractivity contribution < 1.29 is 9.47 Å². The summed E-state index contributed by atoms with van der Waals surface area (Å²) in [6, 6.07) is 5.66. The van der Waals surface area contributed by atoms with Gasteiger partial charge >= 0.3 is 0 Å². The molecule has 0 saturated carbocycles. The number of nitrogens with zero attached hydrogens (tertiary/aromatic N) is 2. The topological polar surface area (TPSA) is 62.3 Å². The van der Waals surface area contributed by atoms with E-state index in [0.29, 0.717) is 13.2 Å². The second-order valence-corrected chi connectivity index (χ2v) is 3.83. The first-order valence-corrected chi connectivity index (χ1v) is 5.79. The summed E-state index contributed by atoms with van der Waals surface area (Å²) >= 11 is 0. The highest BCUT2D eigenvalue weighted by Crippen LogP contribution is 2.24. The maximum atomic E-state index is 5.74. The summed E-state index contributed by atoms with van der Waals surface area (Å²) in [6.45, 7) is 1.77. The minimum Gasteiger partial charge on any atom is -0.497 e. The van der Waals surface area contributed by atoms with E-state index in [1.807, 2.05) is 29.0 Å². The van der Waals surface area contributed by atoms with Gasteiger partial charge in [-0.05, 0) is 6.07 Å². The molecule has 0 atom stereocenters. The Bertz CT molecular complexity index is 483. The molecule has 1 aromatic heterocycles. The van der Waals surface area contributed by atoms with E-state index in [1.54, 1.807) is 19.6 Å². The number of imidazole rings is 1. The number of ether oxygens (including phenoxy) is 2. The van der Waals surface area contributed by atoms with Crippen molar-refractivity contribution in [1.29, 1.82) is 0 Å². The summed E-state index contributed by atoms with van der Waals surface area (Å²) in [5, 5.41) is 0. The van der Waals surface area contributed by atoms with Crippen LogP contribution in [0.15, 0.2) is 36.9 Å². The van der Waals surface area contributed by atoms with E-state index in [2.05, 4.69) is 4.98 Å². The van der Waals surface area contributed by atoms with Gasteiger partial charge in [0.05, 0.1) is 20.0 Å². The zero-order valence-corrected chi connectivity index (χ0v) is 10.4. The van der Waals surface area contributed by atoms with Crippen molar-refractivity contribution in [3.8, 4) is 11.5 Å². The van der Waals surface area contributed by atoms with Crippen LogP contribution in [-0.4, -0.2) is 23.3 Å². The van der Waals surface area contributed by atoms with Crippen molar-refractivity contribution in [2.75, 3.05) is 13.7 Å². The Kier molecular flexibility index (Phi) is 4.20. The fourth-order valence-corrected chi connectivity index (χ4v) is 1.64. The van der Waals surface area contributed by atoms with E-state index in [4.69, 9.17) is 15.2 Å². The van der Waals surface area contributed by atoms with Gasteiger partial charge in [0.2, 0.25) is 0 Å². The van der Waals surface area contributed by atoms with Gasteiger partial charge in [-0.1, -0.05) is 6.07 Å². The van der Waals surface area contributed by atoms with Crippen LogP contribution in [0.3, 0.4) is 0 Å². The molecular weight excluding hydrogens is 230 g/mol. The molecule has 0 unspecified atom stereocenters. The van der Waals surface area contributed by atoms with E-state index in [1.165, 1.54) is 0 Å². The van der Waals surface area contributed by atoms with Crippen LogP contribution in [0.4, 0.5) is 0 Å². The van der Waals surface area contributed by atoms with Crippen molar-refractivity contribution >= 4 is 0 Å². The van der Waals surface area contributed by atoms with Gasteiger partial charge in [-0.25, -0.2) is 4.98 Å². The Morgan fingerprint density at radius 1 is 1.39 bits per heavy atom. The molecule has 2 aromatic rings. The molecule has 5 heteroatoms. The predicted octanol–water partition coefficient (Wildman–Crippen LogP) is 1.43. The zero-order chi connectivity index (χ0) is 12.8. The summed E-state index contributed by atoms with van der Waals surface area (Å²) in [7, 11) is 1.63. The van der Waals surface area contributed by atoms with Crippen LogP contribution in [-0.2, 0) is 13.1 Å². The Labute approximate surface area is 106 Å². The van der Waals surface area contributed by atoms with Crippen LogP contribution >= 0.6 is 0 Å². The van der Waals surface area contributed by atoms with Gasteiger partial charge < -0.3 is 19.8 Å². The summed E-state index contributed by atoms with van der Waals surface area (Å²) < 4.78 is 12.9. The molecule has 1 aromatic carbocycles. The van der Waals surface area contributed by atoms with Crippen molar-refractivity contribution in [3.63, 3.8) is 0 Å². The summed E-state index contributed by atoms with van der Waals surface area (Å²) in [5.41, 5.74) is 6.65. The Balaban J connectivity index is 1.98. The number of methoxy groups -OCH3 is 1. The molecule has 5 nitrogen and oxygen atoms in total. The first-order valence-electron chi connectivity index (χ1n) is 5.79. The molecule has 18 heavy (non-hydrogen) atoms. The normalized spacial score (nSPS) is 10.3. The number of nitrogens with two attached hydrogens (primary N) is 1. The van der Waals surface area contributed by atoms with Gasteiger partial charge in [0.15, 0.2) is 0 Å². The van der Waals surface area contributed by atoms with Crippen LogP contribution < -0.4 is 15.2 Å². The lowest BCUT2D eigenvalue weighted by molar-refractivity contribution is 0.293. The smallest absolute Gasteiger partial charge is 0.127 e. The zero-order valence-electron chi connectivity index (χ0n) is 10.4. The quantitative estimate of drug-likeness (QED) is 0.838. The molecule has 0 fully saturated rings. The molecule has 0 aliphatic rings. The number of rotatable bonds is 6. The minimum absolute atomic E-state index is 0.449. The maximum absolute atomic E-state index is 5.74. The van der Waals surface area contributed by atoms with E-state index in [0.717, 1.165) is 23.6 Å². The molecular formula is C13H17N3O2. The van der Waals surface area contributed by atoms with Crippen molar-refractivity contribution in [2.24, 2.45) is 5.73 Å². The molecule has 0 radical (unpaired) electrons. The summed E-state index contributed by atoms with van der Waals surface area (Å²) in [6.07, 6.45) is 5.41. The van der Waals surface area contributed by atoms with Gasteiger partial charge in [0, 0.05) is 30.6 Å². The van der Waals surface area contributed by atoms with Crippen LogP contribution in [0.5, 0.6) is 11.5 Å². The van der Waals surface area contributed by atoms with Gasteiger partial charge in [-0.3, -0.25) is 0 Å². The van der Waals surface area contributed by atoms with Crippen molar-refractivity contribution in [1.82, 2.24) is 9.55 Å². The van der Waals surface area contributed by atoms with Crippen LogP contribution in [0, 0.1) is 0 Å². The van der Waals surface area contributed by atoms with Gasteiger partial charge in [0.1, 0.15) is 18.1 Å². The average molecular weight is 247 g/mol. The first-order chi connectivity index (χ1) is 8.83. The predicted molar refractivity (Wildman–Crippen MR) is 68.6 cm³/mol. The fourth-order valence-electron chi connectivity index (χ4n) is 1.64. The van der Waals surface area contributed by atoms with Gasteiger partial charge in [-0.2, -0.15) is 0 Å². The lowest BCUT2D eigenvalue weighted by atomic mass is 10.2. The second kappa shape index (κ2) is 6.07. The highest BCUT2D eigenvalue weighted by molar-refractivity contribution is 5.40. The number of hydrogen-bond donors (Lipinski definition) is 1. The highest BCUT2D eigenvalue weighted by Gasteiger charge is 2.04. The molecule has 0 amide bonds. The van der Waals surface area contributed by atoms with Crippen molar-refractivity contribution in [3.05, 3.63) is 42.5 Å². The first kappa shape index (κ1) is 12.4. The number of hydrogen-bond acceptors (Lipinski definition) is 4. The second-order valence-electron chi connectivity index (χ2n) is 3.83. The number of aromatic nitrogens is 2. The fraction of sp³-hybridized carbons (Fsp3) is 0.308. The van der Waals surface area contributed by atoms with E-state index < -0.39 is 0 Å². The Hall–Kier alpha value is -2.01. The molecule has 96 valence electrons. The largest absolute Gasteiger partial charge is 0.497 e. The van der Waals surface area contributed by atoms with E-state index in [-0.39, 0.29) is 0 Å². The molecule has 0 bridgehead atoms. The summed E-state index contributed by atoms with van der Waals surface area (Å²) in [5.74, 6) is 1.54. The third-order valence-corrected chi connectivity index (χ3v) is 2.66.